The van der Waals surface area contributed by atoms with Gasteiger partial charge in [0.15, 0.2) is 6.10 Å². The van der Waals surface area contributed by atoms with Gasteiger partial charge in [-0.1, -0.05) is 11.6 Å². The molecule has 6 nitrogen and oxygen atoms in total. The Morgan fingerprint density at radius 2 is 2.19 bits per heavy atom. The van der Waals surface area contributed by atoms with Crippen LogP contribution in [0.25, 0.3) is 0 Å². The SMILES string of the molecule is O=C(O)C(O)CNS(=O)(=O)c1ccc(Cl)s1. The van der Waals surface area contributed by atoms with Crippen molar-refractivity contribution in [2.75, 3.05) is 6.54 Å². The Bertz CT molecular complexity index is 483. The zero-order chi connectivity index (χ0) is 12.3. The van der Waals surface area contributed by atoms with Crippen LogP contribution in [0.3, 0.4) is 0 Å². The number of nitrogens with one attached hydrogen (secondary N) is 1. The molecule has 1 atom stereocenters. The van der Waals surface area contributed by atoms with Crippen LogP contribution in [0.5, 0.6) is 0 Å². The average molecular weight is 286 g/mol. The van der Waals surface area contributed by atoms with Crippen molar-refractivity contribution < 1.29 is 23.4 Å². The fourth-order valence-corrected chi connectivity index (χ4v) is 3.35. The highest BCUT2D eigenvalue weighted by Crippen LogP contribution is 2.25. The minimum atomic E-state index is -3.81. The first-order chi connectivity index (χ1) is 7.33. The van der Waals surface area contributed by atoms with Gasteiger partial charge < -0.3 is 10.2 Å². The summed E-state index contributed by atoms with van der Waals surface area (Å²) >= 11 is 6.40. The summed E-state index contributed by atoms with van der Waals surface area (Å²) in [5, 5.41) is 17.2. The predicted octanol–water partition coefficient (Wildman–Crippen LogP) is 0.125. The molecule has 0 radical (unpaired) electrons. The zero-order valence-corrected chi connectivity index (χ0v) is 10.1. The van der Waals surface area contributed by atoms with Crippen LogP contribution in [-0.4, -0.2) is 37.2 Å². The first kappa shape index (κ1) is 13.4. The highest BCUT2D eigenvalue weighted by molar-refractivity contribution is 7.91. The highest BCUT2D eigenvalue weighted by Gasteiger charge is 2.20. The van der Waals surface area contributed by atoms with Gasteiger partial charge in [0.1, 0.15) is 4.21 Å². The quantitative estimate of drug-likeness (QED) is 0.713. The summed E-state index contributed by atoms with van der Waals surface area (Å²) in [6.07, 6.45) is -1.77. The maximum atomic E-state index is 11.5. The van der Waals surface area contributed by atoms with Gasteiger partial charge in [0.25, 0.3) is 0 Å². The fourth-order valence-electron chi connectivity index (χ4n) is 0.789. The lowest BCUT2D eigenvalue weighted by atomic mass is 10.4. The van der Waals surface area contributed by atoms with Crippen LogP contribution in [0, 0.1) is 0 Å². The molecule has 1 heterocycles. The number of carboxylic acid groups (broad SMARTS) is 1. The molecule has 0 saturated carbocycles. The molecule has 0 aliphatic carbocycles. The standard InChI is InChI=1S/C7H8ClNO5S2/c8-5-1-2-6(15-5)16(13,14)9-3-4(10)7(11)12/h1-2,4,9-10H,3H2,(H,11,12). The third-order valence-corrected chi connectivity index (χ3v) is 4.71. The molecule has 0 aromatic carbocycles. The Labute approximate surface area is 101 Å². The molecule has 0 fully saturated rings. The van der Waals surface area contributed by atoms with E-state index in [4.69, 9.17) is 21.8 Å². The van der Waals surface area contributed by atoms with Crippen LogP contribution < -0.4 is 4.72 Å². The number of hydrogen-bond acceptors (Lipinski definition) is 5. The Morgan fingerprint density at radius 1 is 1.56 bits per heavy atom. The lowest BCUT2D eigenvalue weighted by molar-refractivity contribution is -0.146. The summed E-state index contributed by atoms with van der Waals surface area (Å²) in [6.45, 7) is -0.590. The van der Waals surface area contributed by atoms with E-state index in [1.54, 1.807) is 0 Å². The summed E-state index contributed by atoms with van der Waals surface area (Å²) < 4.78 is 25.3. The van der Waals surface area contributed by atoms with Crippen molar-refractivity contribution in [2.45, 2.75) is 10.3 Å². The van der Waals surface area contributed by atoms with Crippen molar-refractivity contribution in [3.05, 3.63) is 16.5 Å². The lowest BCUT2D eigenvalue weighted by Crippen LogP contribution is -2.36. The zero-order valence-electron chi connectivity index (χ0n) is 7.75. The monoisotopic (exact) mass is 285 g/mol. The van der Waals surface area contributed by atoms with Crippen LogP contribution in [0.4, 0.5) is 0 Å². The van der Waals surface area contributed by atoms with Crippen molar-refractivity contribution in [3.63, 3.8) is 0 Å². The van der Waals surface area contributed by atoms with Gasteiger partial charge in [-0.25, -0.2) is 17.9 Å². The third-order valence-electron chi connectivity index (χ3n) is 1.57. The van der Waals surface area contributed by atoms with Crippen molar-refractivity contribution >= 4 is 38.9 Å². The number of aliphatic carboxylic acids is 1. The first-order valence-corrected chi connectivity index (χ1v) is 6.66. The van der Waals surface area contributed by atoms with Gasteiger partial charge in [0, 0.05) is 6.54 Å². The second-order valence-corrected chi connectivity index (χ2v) is 6.47. The number of carbonyl (C=O) groups is 1. The van der Waals surface area contributed by atoms with E-state index in [1.165, 1.54) is 12.1 Å². The molecular formula is C7H8ClNO5S2. The van der Waals surface area contributed by atoms with E-state index in [0.29, 0.717) is 4.34 Å². The number of aliphatic hydroxyl groups is 1. The van der Waals surface area contributed by atoms with E-state index < -0.39 is 28.6 Å². The number of thiophene rings is 1. The highest BCUT2D eigenvalue weighted by atomic mass is 35.5. The van der Waals surface area contributed by atoms with Crippen LogP contribution in [0.2, 0.25) is 4.34 Å². The van der Waals surface area contributed by atoms with Crippen molar-refractivity contribution in [1.82, 2.24) is 4.72 Å². The smallest absolute Gasteiger partial charge is 0.333 e. The number of hydrogen-bond donors (Lipinski definition) is 3. The maximum Gasteiger partial charge on any atom is 0.333 e. The molecule has 1 aromatic heterocycles. The van der Waals surface area contributed by atoms with Gasteiger partial charge in [-0.2, -0.15) is 0 Å². The molecular weight excluding hydrogens is 278 g/mol. The minimum Gasteiger partial charge on any atom is -0.479 e. The van der Waals surface area contributed by atoms with Gasteiger partial charge in [-0.3, -0.25) is 0 Å². The molecule has 0 spiro atoms. The second kappa shape index (κ2) is 5.11. The second-order valence-electron chi connectivity index (χ2n) is 2.76. The van der Waals surface area contributed by atoms with Crippen LogP contribution in [0.15, 0.2) is 16.3 Å². The van der Waals surface area contributed by atoms with Gasteiger partial charge in [0.2, 0.25) is 10.0 Å². The maximum absolute atomic E-state index is 11.5. The summed E-state index contributed by atoms with van der Waals surface area (Å²) in [5.74, 6) is -1.49. The Balaban J connectivity index is 2.70. The summed E-state index contributed by atoms with van der Waals surface area (Å²) in [4.78, 5) is 10.3. The summed E-state index contributed by atoms with van der Waals surface area (Å²) in [7, 11) is -3.81. The average Bonchev–Trinajstić information content (AvgIpc) is 2.61. The Kier molecular flexibility index (Phi) is 4.28. The number of sulfonamides is 1. The largest absolute Gasteiger partial charge is 0.479 e. The third kappa shape index (κ3) is 3.42. The van der Waals surface area contributed by atoms with E-state index in [-0.39, 0.29) is 4.21 Å². The van der Waals surface area contributed by atoms with E-state index in [2.05, 4.69) is 0 Å². The lowest BCUT2D eigenvalue weighted by Gasteiger charge is -2.06. The first-order valence-electron chi connectivity index (χ1n) is 3.99. The molecule has 1 aromatic rings. The number of aliphatic hydroxyl groups excluding tert-OH is 1. The fraction of sp³-hybridized carbons (Fsp3) is 0.286. The van der Waals surface area contributed by atoms with Gasteiger partial charge in [0.05, 0.1) is 4.34 Å². The number of halogens is 1. The molecule has 0 amide bonds. The van der Waals surface area contributed by atoms with Crippen molar-refractivity contribution in [3.8, 4) is 0 Å². The molecule has 0 bridgehead atoms. The molecule has 1 rings (SSSR count). The van der Waals surface area contributed by atoms with Crippen LogP contribution in [-0.2, 0) is 14.8 Å². The van der Waals surface area contributed by atoms with E-state index in [0.717, 1.165) is 11.3 Å². The molecule has 0 aliphatic heterocycles. The van der Waals surface area contributed by atoms with Crippen molar-refractivity contribution in [2.24, 2.45) is 0 Å². The predicted molar refractivity (Wildman–Crippen MR) is 58.2 cm³/mol. The van der Waals surface area contributed by atoms with Gasteiger partial charge in [-0.15, -0.1) is 11.3 Å². The number of rotatable bonds is 5. The van der Waals surface area contributed by atoms with Crippen LogP contribution >= 0.6 is 22.9 Å². The summed E-state index contributed by atoms with van der Waals surface area (Å²) in [5.41, 5.74) is 0. The summed E-state index contributed by atoms with van der Waals surface area (Å²) in [6, 6.07) is 2.71. The topological polar surface area (TPSA) is 104 Å². The van der Waals surface area contributed by atoms with Crippen molar-refractivity contribution in [1.29, 1.82) is 0 Å². The molecule has 16 heavy (non-hydrogen) atoms. The number of carboxylic acids is 1. The van der Waals surface area contributed by atoms with E-state index >= 15 is 0 Å². The van der Waals surface area contributed by atoms with Gasteiger partial charge >= 0.3 is 5.97 Å². The Hall–Kier alpha value is -0.670. The molecule has 90 valence electrons. The molecule has 3 N–H and O–H groups in total. The molecule has 1 unspecified atom stereocenters. The van der Waals surface area contributed by atoms with E-state index in [9.17, 15) is 13.2 Å². The van der Waals surface area contributed by atoms with Crippen LogP contribution in [0.1, 0.15) is 0 Å². The van der Waals surface area contributed by atoms with E-state index in [1.807, 2.05) is 4.72 Å². The van der Waals surface area contributed by atoms with Gasteiger partial charge in [-0.05, 0) is 12.1 Å². The normalized spacial score (nSPS) is 13.6. The Morgan fingerprint density at radius 3 is 2.62 bits per heavy atom. The molecule has 0 aliphatic rings. The minimum absolute atomic E-state index is 0.0323. The molecule has 0 saturated heterocycles. The molecule has 9 heteroatoms.